The lowest BCUT2D eigenvalue weighted by atomic mass is 9.47. The van der Waals surface area contributed by atoms with Gasteiger partial charge in [-0.3, -0.25) is 9.59 Å². The first-order chi connectivity index (χ1) is 13.4. The Morgan fingerprint density at radius 1 is 1.28 bits per heavy atom. The van der Waals surface area contributed by atoms with Gasteiger partial charge in [0.1, 0.15) is 12.3 Å². The van der Waals surface area contributed by atoms with Crippen LogP contribution in [0.1, 0.15) is 47.0 Å². The van der Waals surface area contributed by atoms with E-state index >= 15 is 4.39 Å². The number of halogens is 4. The molecule has 160 valence electrons. The molecule has 4 aliphatic carbocycles. The monoisotopic (exact) mass is 446 g/mol. The molecule has 9 atom stereocenters. The summed E-state index contributed by atoms with van der Waals surface area (Å²) >= 11 is 14.2. The molecule has 0 radical (unpaired) electrons. The normalized spacial score (nSPS) is 51.4. The van der Waals surface area contributed by atoms with Gasteiger partial charge in [0.25, 0.3) is 0 Å². The van der Waals surface area contributed by atoms with E-state index < -0.39 is 38.9 Å². The molecule has 0 aliphatic heterocycles. The summed E-state index contributed by atoms with van der Waals surface area (Å²) in [6.07, 6.45) is 1.95. The summed E-state index contributed by atoms with van der Waals surface area (Å²) < 4.78 is 35.8. The first-order valence-corrected chi connectivity index (χ1v) is 11.0. The maximum atomic E-state index is 15.4. The van der Waals surface area contributed by atoms with Crippen LogP contribution in [-0.4, -0.2) is 34.3 Å². The van der Waals surface area contributed by atoms with Crippen molar-refractivity contribution in [1.82, 2.24) is 0 Å². The molecule has 0 spiro atoms. The van der Waals surface area contributed by atoms with Crippen molar-refractivity contribution >= 4 is 35.0 Å². The molecule has 0 saturated heterocycles. The predicted molar refractivity (Wildman–Crippen MR) is 107 cm³/mol. The lowest BCUT2D eigenvalue weighted by Gasteiger charge is -2.63. The second-order valence-electron chi connectivity index (χ2n) is 9.73. The highest BCUT2D eigenvalue weighted by molar-refractivity contribution is 6.34. The number of alkyl halides is 3. The Balaban J connectivity index is 1.84. The molecule has 3 fully saturated rings. The van der Waals surface area contributed by atoms with Crippen molar-refractivity contribution in [2.24, 2.45) is 28.6 Å². The zero-order valence-electron chi connectivity index (χ0n) is 17.0. The van der Waals surface area contributed by atoms with Crippen LogP contribution in [-0.2, 0) is 14.3 Å². The van der Waals surface area contributed by atoms with Crippen LogP contribution in [0.25, 0.3) is 0 Å². The summed E-state index contributed by atoms with van der Waals surface area (Å²) in [7, 11) is 0. The summed E-state index contributed by atoms with van der Waals surface area (Å²) in [6.45, 7) is 7.15. The summed E-state index contributed by atoms with van der Waals surface area (Å²) in [6, 6.07) is 0. The third kappa shape index (κ3) is 2.59. The smallest absolute Gasteiger partial charge is 0.302 e. The van der Waals surface area contributed by atoms with Crippen LogP contribution in [0.5, 0.6) is 0 Å². The van der Waals surface area contributed by atoms with Gasteiger partial charge in [0.15, 0.2) is 5.83 Å². The number of ether oxygens (including phenoxy) is 1. The van der Waals surface area contributed by atoms with E-state index in [4.69, 9.17) is 27.9 Å². The minimum absolute atomic E-state index is 0.00590. The zero-order valence-corrected chi connectivity index (χ0v) is 18.5. The minimum atomic E-state index is -1.61. The molecular formula is C22H26Cl2F2O3. The Kier molecular flexibility index (Phi) is 4.79. The maximum absolute atomic E-state index is 15.4. The third-order valence-electron chi connectivity index (χ3n) is 8.18. The van der Waals surface area contributed by atoms with Crippen LogP contribution < -0.4 is 0 Å². The fraction of sp³-hybridized carbons (Fsp3) is 0.727. The largest absolute Gasteiger partial charge is 0.462 e. The van der Waals surface area contributed by atoms with E-state index in [1.165, 1.54) is 6.92 Å². The predicted octanol–water partition coefficient (Wildman–Crippen LogP) is 5.30. The average Bonchev–Trinajstić information content (AvgIpc) is 2.85. The van der Waals surface area contributed by atoms with Crippen molar-refractivity contribution in [2.75, 3.05) is 0 Å². The van der Waals surface area contributed by atoms with Gasteiger partial charge in [-0.2, -0.15) is 0 Å². The van der Waals surface area contributed by atoms with Crippen LogP contribution in [0, 0.1) is 28.6 Å². The lowest BCUT2D eigenvalue weighted by molar-refractivity contribution is -0.158. The molecule has 3 nitrogen and oxygen atoms in total. The fourth-order valence-electron chi connectivity index (χ4n) is 6.99. The number of rotatable bonds is 1. The molecule has 0 aromatic heterocycles. The second-order valence-corrected chi connectivity index (χ2v) is 10.9. The maximum Gasteiger partial charge on any atom is 0.302 e. The first kappa shape index (κ1) is 21.3. The van der Waals surface area contributed by atoms with Crippen LogP contribution in [0.15, 0.2) is 23.6 Å². The second kappa shape index (κ2) is 6.53. The van der Waals surface area contributed by atoms with Gasteiger partial charge in [0.05, 0.1) is 10.3 Å². The van der Waals surface area contributed by atoms with Gasteiger partial charge >= 0.3 is 5.97 Å². The highest BCUT2D eigenvalue weighted by Crippen LogP contribution is 2.71. The SMILES string of the molecule is CC(=O)O[C@@H]1[C@H](C)C[C@H]2[C@@H]3C[C@H](F)C4=C(F)C(=O)C=C[C@]4(C)[C@@]3(Cl)[C@@H](Cl)C[C@]12C. The molecule has 0 heterocycles. The standard InChI is InChI=1S/C22H26Cl2F2O3/c1-10-7-12-13-8-14(25)17-18(26)15(28)5-6-21(17,4)22(13,24)16(23)9-20(12,3)19(10)29-11(2)27/h5-6,10,12-14,16,19H,7-9H2,1-4H3/t10-,12+,13+,14+,16+,19-,20+,21+,22+/m1/s1. The minimum Gasteiger partial charge on any atom is -0.462 e. The molecule has 4 rings (SSSR count). The molecule has 0 aromatic rings. The number of ketones is 1. The van der Waals surface area contributed by atoms with Crippen molar-refractivity contribution in [3.63, 3.8) is 0 Å². The molecule has 0 aromatic carbocycles. The van der Waals surface area contributed by atoms with Crippen molar-refractivity contribution in [3.8, 4) is 0 Å². The molecule has 3 saturated carbocycles. The topological polar surface area (TPSA) is 43.4 Å². The van der Waals surface area contributed by atoms with Gasteiger partial charge in [0, 0.05) is 23.3 Å². The van der Waals surface area contributed by atoms with Gasteiger partial charge in [-0.15, -0.1) is 23.2 Å². The summed E-state index contributed by atoms with van der Waals surface area (Å²) in [5.74, 6) is -2.51. The summed E-state index contributed by atoms with van der Waals surface area (Å²) in [5, 5.41) is -0.614. The Morgan fingerprint density at radius 2 is 1.93 bits per heavy atom. The molecular weight excluding hydrogens is 421 g/mol. The van der Waals surface area contributed by atoms with E-state index in [1.54, 1.807) is 13.0 Å². The van der Waals surface area contributed by atoms with Gasteiger partial charge in [-0.25, -0.2) is 8.78 Å². The number of fused-ring (bicyclic) bond motifs is 5. The highest BCUT2D eigenvalue weighted by Gasteiger charge is 2.72. The Morgan fingerprint density at radius 3 is 2.55 bits per heavy atom. The fourth-order valence-corrected chi connectivity index (χ4v) is 8.19. The van der Waals surface area contributed by atoms with Gasteiger partial charge < -0.3 is 4.74 Å². The zero-order chi connectivity index (χ0) is 21.5. The molecule has 29 heavy (non-hydrogen) atoms. The van der Waals surface area contributed by atoms with Crippen LogP contribution in [0.3, 0.4) is 0 Å². The van der Waals surface area contributed by atoms with Crippen molar-refractivity contribution < 1.29 is 23.1 Å². The van der Waals surface area contributed by atoms with Gasteiger partial charge in [-0.1, -0.05) is 26.8 Å². The van der Waals surface area contributed by atoms with Crippen LogP contribution >= 0.6 is 23.2 Å². The number of carbonyl (C=O) groups excluding carboxylic acids is 2. The van der Waals surface area contributed by atoms with E-state index in [9.17, 15) is 14.0 Å². The third-order valence-corrected chi connectivity index (χ3v) is 9.73. The van der Waals surface area contributed by atoms with Crippen molar-refractivity contribution in [1.29, 1.82) is 0 Å². The van der Waals surface area contributed by atoms with E-state index in [-0.39, 0.29) is 41.8 Å². The number of hydrogen-bond acceptors (Lipinski definition) is 3. The highest BCUT2D eigenvalue weighted by atomic mass is 35.5. The van der Waals surface area contributed by atoms with E-state index in [1.807, 2.05) is 13.8 Å². The summed E-state index contributed by atoms with van der Waals surface area (Å²) in [4.78, 5) is 22.5. The molecule has 0 amide bonds. The van der Waals surface area contributed by atoms with Gasteiger partial charge in [-0.05, 0) is 43.1 Å². The van der Waals surface area contributed by atoms with Crippen LogP contribution in [0.4, 0.5) is 8.78 Å². The average molecular weight is 447 g/mol. The summed E-state index contributed by atoms with van der Waals surface area (Å²) in [5.41, 5.74) is -1.82. The van der Waals surface area contributed by atoms with Crippen molar-refractivity contribution in [3.05, 3.63) is 23.6 Å². The van der Waals surface area contributed by atoms with E-state index in [0.717, 1.165) is 12.5 Å². The van der Waals surface area contributed by atoms with Crippen molar-refractivity contribution in [2.45, 2.75) is 69.5 Å². The number of esters is 1. The van der Waals surface area contributed by atoms with E-state index in [2.05, 4.69) is 0 Å². The first-order valence-electron chi connectivity index (χ1n) is 10.2. The lowest BCUT2D eigenvalue weighted by Crippen LogP contribution is -2.66. The van der Waals surface area contributed by atoms with E-state index in [0.29, 0.717) is 6.42 Å². The Labute approximate surface area is 179 Å². The Bertz CT molecular complexity index is 842. The molecule has 0 unspecified atom stereocenters. The Hall–Kier alpha value is -0.940. The van der Waals surface area contributed by atoms with Crippen LogP contribution in [0.2, 0.25) is 0 Å². The number of carbonyl (C=O) groups is 2. The number of hydrogen-bond donors (Lipinski definition) is 0. The van der Waals surface area contributed by atoms with Gasteiger partial charge in [0.2, 0.25) is 5.78 Å². The molecule has 0 N–H and O–H groups in total. The molecule has 4 aliphatic rings. The molecule has 7 heteroatoms. The quantitative estimate of drug-likeness (QED) is 0.405. The molecule has 0 bridgehead atoms. The number of allylic oxidation sites excluding steroid dienone is 4.